The second-order valence-electron chi connectivity index (χ2n) is 7.27. The summed E-state index contributed by atoms with van der Waals surface area (Å²) in [5, 5.41) is 3.88. The molecule has 0 radical (unpaired) electrons. The van der Waals surface area contributed by atoms with Crippen LogP contribution in [0.4, 0.5) is 4.39 Å². The van der Waals surface area contributed by atoms with Crippen LogP contribution in [0.25, 0.3) is 17.0 Å². The van der Waals surface area contributed by atoms with Crippen molar-refractivity contribution in [2.75, 3.05) is 0 Å². The molecule has 5 nitrogen and oxygen atoms in total. The SMILES string of the molecule is O=c1c(CCc2ccc(F)cc2)c(C2CC2)[nH]n1-c1nc2ccc(Cl)cc2[nH]1. The Morgan fingerprint density at radius 2 is 1.93 bits per heavy atom. The van der Waals surface area contributed by atoms with Crippen molar-refractivity contribution < 1.29 is 4.39 Å². The fourth-order valence-electron chi connectivity index (χ4n) is 3.58. The van der Waals surface area contributed by atoms with Crippen LogP contribution in [0.15, 0.2) is 47.3 Å². The molecule has 2 aromatic heterocycles. The average molecular weight is 397 g/mol. The number of hydrogen-bond acceptors (Lipinski definition) is 2. The van der Waals surface area contributed by atoms with Crippen LogP contribution in [-0.2, 0) is 12.8 Å². The van der Waals surface area contributed by atoms with Gasteiger partial charge < -0.3 is 4.98 Å². The molecule has 7 heteroatoms. The first-order valence-electron chi connectivity index (χ1n) is 9.32. The van der Waals surface area contributed by atoms with Gasteiger partial charge in [0.25, 0.3) is 5.56 Å². The average Bonchev–Trinajstić information content (AvgIpc) is 3.36. The summed E-state index contributed by atoms with van der Waals surface area (Å²) in [6.45, 7) is 0. The molecule has 5 rings (SSSR count). The highest BCUT2D eigenvalue weighted by molar-refractivity contribution is 6.31. The van der Waals surface area contributed by atoms with Crippen molar-refractivity contribution in [1.82, 2.24) is 19.7 Å². The van der Waals surface area contributed by atoms with Gasteiger partial charge in [-0.25, -0.2) is 9.37 Å². The first kappa shape index (κ1) is 17.3. The highest BCUT2D eigenvalue weighted by atomic mass is 35.5. The van der Waals surface area contributed by atoms with E-state index in [1.54, 1.807) is 24.3 Å². The van der Waals surface area contributed by atoms with E-state index < -0.39 is 0 Å². The Balaban J connectivity index is 1.51. The highest BCUT2D eigenvalue weighted by Gasteiger charge is 2.30. The van der Waals surface area contributed by atoms with Crippen molar-refractivity contribution in [3.05, 3.63) is 80.5 Å². The maximum absolute atomic E-state index is 13.1. The van der Waals surface area contributed by atoms with Crippen molar-refractivity contribution in [3.8, 4) is 5.95 Å². The van der Waals surface area contributed by atoms with Crippen LogP contribution in [0.5, 0.6) is 0 Å². The fourth-order valence-corrected chi connectivity index (χ4v) is 3.76. The molecule has 2 heterocycles. The number of nitrogens with one attached hydrogen (secondary N) is 2. The minimum absolute atomic E-state index is 0.0887. The lowest BCUT2D eigenvalue weighted by molar-refractivity contribution is 0.627. The van der Waals surface area contributed by atoms with E-state index in [4.69, 9.17) is 11.6 Å². The number of hydrogen-bond donors (Lipinski definition) is 2. The van der Waals surface area contributed by atoms with Gasteiger partial charge in [0.05, 0.1) is 11.0 Å². The summed E-state index contributed by atoms with van der Waals surface area (Å²) in [4.78, 5) is 20.8. The van der Waals surface area contributed by atoms with Crippen molar-refractivity contribution >= 4 is 22.6 Å². The third-order valence-electron chi connectivity index (χ3n) is 5.22. The molecule has 0 amide bonds. The van der Waals surface area contributed by atoms with Crippen LogP contribution in [0, 0.1) is 5.82 Å². The maximum Gasteiger partial charge on any atom is 0.277 e. The molecule has 2 aromatic carbocycles. The first-order valence-corrected chi connectivity index (χ1v) is 9.70. The summed E-state index contributed by atoms with van der Waals surface area (Å²) in [6.07, 6.45) is 3.45. The van der Waals surface area contributed by atoms with E-state index in [1.807, 2.05) is 6.07 Å². The summed E-state index contributed by atoms with van der Waals surface area (Å²) in [6, 6.07) is 11.8. The lowest BCUT2D eigenvalue weighted by Crippen LogP contribution is -2.19. The van der Waals surface area contributed by atoms with Gasteiger partial charge in [0, 0.05) is 22.2 Å². The number of aromatic amines is 2. The normalized spacial score (nSPS) is 14.1. The van der Waals surface area contributed by atoms with Gasteiger partial charge >= 0.3 is 0 Å². The van der Waals surface area contributed by atoms with Crippen molar-refractivity contribution in [2.45, 2.75) is 31.6 Å². The number of aromatic nitrogens is 4. The summed E-state index contributed by atoms with van der Waals surface area (Å²) < 4.78 is 14.6. The topological polar surface area (TPSA) is 66.5 Å². The molecule has 0 aliphatic heterocycles. The molecule has 1 fully saturated rings. The predicted molar refractivity (Wildman–Crippen MR) is 107 cm³/mol. The number of fused-ring (bicyclic) bond motifs is 1. The molecule has 0 unspecified atom stereocenters. The van der Waals surface area contributed by atoms with Crippen LogP contribution in [0.2, 0.25) is 5.02 Å². The maximum atomic E-state index is 13.1. The Labute approximate surface area is 165 Å². The van der Waals surface area contributed by atoms with Crippen molar-refractivity contribution in [3.63, 3.8) is 0 Å². The van der Waals surface area contributed by atoms with Gasteiger partial charge in [-0.05, 0) is 61.6 Å². The molecule has 142 valence electrons. The molecule has 0 bridgehead atoms. The molecule has 1 aliphatic rings. The van der Waals surface area contributed by atoms with E-state index in [1.165, 1.54) is 16.8 Å². The fraction of sp³-hybridized carbons (Fsp3) is 0.238. The third kappa shape index (κ3) is 3.14. The van der Waals surface area contributed by atoms with E-state index >= 15 is 0 Å². The molecular weight excluding hydrogens is 379 g/mol. The van der Waals surface area contributed by atoms with Gasteiger partial charge in [0.1, 0.15) is 5.82 Å². The highest BCUT2D eigenvalue weighted by Crippen LogP contribution is 2.40. The second-order valence-corrected chi connectivity index (χ2v) is 7.70. The molecule has 0 saturated heterocycles. The Morgan fingerprint density at radius 1 is 1.14 bits per heavy atom. The van der Waals surface area contributed by atoms with Crippen LogP contribution in [0.1, 0.15) is 35.6 Å². The van der Waals surface area contributed by atoms with Crippen molar-refractivity contribution in [2.24, 2.45) is 0 Å². The molecule has 28 heavy (non-hydrogen) atoms. The number of benzene rings is 2. The van der Waals surface area contributed by atoms with Gasteiger partial charge in [-0.1, -0.05) is 23.7 Å². The summed E-state index contributed by atoms with van der Waals surface area (Å²) in [7, 11) is 0. The molecule has 4 aromatic rings. The smallest absolute Gasteiger partial charge is 0.277 e. The van der Waals surface area contributed by atoms with Crippen LogP contribution >= 0.6 is 11.6 Å². The van der Waals surface area contributed by atoms with Gasteiger partial charge in [-0.15, -0.1) is 0 Å². The number of nitrogens with zero attached hydrogens (tertiary/aromatic N) is 2. The quantitative estimate of drug-likeness (QED) is 0.521. The van der Waals surface area contributed by atoms with Crippen LogP contribution < -0.4 is 5.56 Å². The number of imidazole rings is 1. The van der Waals surface area contributed by atoms with Crippen LogP contribution in [0.3, 0.4) is 0 Å². The Hall–Kier alpha value is -2.86. The molecule has 1 saturated carbocycles. The molecule has 2 N–H and O–H groups in total. The summed E-state index contributed by atoms with van der Waals surface area (Å²) in [5.41, 5.74) is 4.23. The van der Waals surface area contributed by atoms with Gasteiger partial charge in [0.15, 0.2) is 0 Å². The molecule has 1 aliphatic carbocycles. The van der Waals surface area contributed by atoms with E-state index in [0.29, 0.717) is 29.7 Å². The van der Waals surface area contributed by atoms with E-state index in [2.05, 4.69) is 15.1 Å². The third-order valence-corrected chi connectivity index (χ3v) is 5.46. The largest absolute Gasteiger partial charge is 0.322 e. The van der Waals surface area contributed by atoms with Crippen LogP contribution in [-0.4, -0.2) is 19.7 Å². The lowest BCUT2D eigenvalue weighted by Gasteiger charge is -2.01. The van der Waals surface area contributed by atoms with E-state index in [-0.39, 0.29) is 11.4 Å². The number of halogens is 2. The summed E-state index contributed by atoms with van der Waals surface area (Å²) >= 11 is 6.05. The molecule has 0 spiro atoms. The predicted octanol–water partition coefficient (Wildman–Crippen LogP) is 4.50. The van der Waals surface area contributed by atoms with E-state index in [0.717, 1.165) is 40.7 Å². The van der Waals surface area contributed by atoms with Crippen molar-refractivity contribution in [1.29, 1.82) is 0 Å². The zero-order chi connectivity index (χ0) is 19.3. The zero-order valence-corrected chi connectivity index (χ0v) is 15.8. The van der Waals surface area contributed by atoms with Gasteiger partial charge in [0.2, 0.25) is 5.95 Å². The van der Waals surface area contributed by atoms with Gasteiger partial charge in [-0.3, -0.25) is 9.89 Å². The Bertz CT molecular complexity index is 1220. The number of aryl methyl sites for hydroxylation is 1. The Morgan fingerprint density at radius 3 is 2.68 bits per heavy atom. The number of rotatable bonds is 5. The monoisotopic (exact) mass is 396 g/mol. The molecule has 0 atom stereocenters. The number of H-pyrrole nitrogens is 2. The zero-order valence-electron chi connectivity index (χ0n) is 15.0. The minimum Gasteiger partial charge on any atom is -0.322 e. The lowest BCUT2D eigenvalue weighted by atomic mass is 10.0. The van der Waals surface area contributed by atoms with E-state index in [9.17, 15) is 9.18 Å². The minimum atomic E-state index is -0.253. The Kier molecular flexibility index (Phi) is 4.09. The second kappa shape index (κ2) is 6.63. The summed E-state index contributed by atoms with van der Waals surface area (Å²) in [5.74, 6) is 0.601. The standard InChI is InChI=1S/C21H18ClFN4O/c22-14-6-10-17-18(11-14)25-21(24-17)27-20(28)16(19(26-27)13-4-5-13)9-3-12-1-7-15(23)8-2-12/h1-2,6-8,10-11,13,26H,3-5,9H2,(H,24,25). The first-order chi connectivity index (χ1) is 13.6. The molecular formula is C21H18ClFN4O. The van der Waals surface area contributed by atoms with Gasteiger partial charge in [-0.2, -0.15) is 4.68 Å².